The van der Waals surface area contributed by atoms with Gasteiger partial charge in [0.25, 0.3) is 0 Å². The fourth-order valence-electron chi connectivity index (χ4n) is 1.36. The van der Waals surface area contributed by atoms with Crippen molar-refractivity contribution in [3.8, 4) is 0 Å². The van der Waals surface area contributed by atoms with Gasteiger partial charge in [-0.2, -0.15) is 0 Å². The van der Waals surface area contributed by atoms with Crippen molar-refractivity contribution >= 4 is 5.97 Å². The van der Waals surface area contributed by atoms with E-state index >= 15 is 0 Å². The quantitative estimate of drug-likeness (QED) is 0.693. The van der Waals surface area contributed by atoms with Crippen molar-refractivity contribution in [2.24, 2.45) is 5.73 Å². The number of aryl methyl sites for hydroxylation is 1. The molecule has 0 saturated carbocycles. The highest BCUT2D eigenvalue weighted by molar-refractivity contribution is 5.88. The number of carbonyl (C=O) groups is 1. The molecule has 1 heterocycles. The van der Waals surface area contributed by atoms with Crippen LogP contribution in [0.1, 0.15) is 29.5 Å². The monoisotopic (exact) mass is 212 g/mol. The van der Waals surface area contributed by atoms with Crippen LogP contribution in [0, 0.1) is 0 Å². The Labute approximate surface area is 88.4 Å². The van der Waals surface area contributed by atoms with Crippen molar-refractivity contribution in [2.75, 3.05) is 13.7 Å². The molecule has 6 heteroatoms. The van der Waals surface area contributed by atoms with E-state index in [1.807, 2.05) is 6.92 Å². The van der Waals surface area contributed by atoms with Crippen molar-refractivity contribution in [1.82, 2.24) is 15.0 Å². The summed E-state index contributed by atoms with van der Waals surface area (Å²) in [7, 11) is 1.33. The first-order valence-corrected chi connectivity index (χ1v) is 4.95. The minimum Gasteiger partial charge on any atom is -0.464 e. The van der Waals surface area contributed by atoms with Gasteiger partial charge in [0, 0.05) is 6.54 Å². The molecule has 0 amide bonds. The summed E-state index contributed by atoms with van der Waals surface area (Å²) in [5, 5.41) is 7.71. The number of carbonyl (C=O) groups excluding carboxylic acids is 1. The molecule has 0 aliphatic rings. The van der Waals surface area contributed by atoms with Crippen LogP contribution in [0.15, 0.2) is 0 Å². The molecule has 1 aromatic heterocycles. The molecule has 0 fully saturated rings. The van der Waals surface area contributed by atoms with Crippen molar-refractivity contribution in [3.63, 3.8) is 0 Å². The van der Waals surface area contributed by atoms with Gasteiger partial charge >= 0.3 is 5.97 Å². The van der Waals surface area contributed by atoms with Gasteiger partial charge in [-0.05, 0) is 19.4 Å². The highest BCUT2D eigenvalue weighted by atomic mass is 16.5. The fraction of sp³-hybridized carbons (Fsp3) is 0.667. The third-order valence-corrected chi connectivity index (χ3v) is 2.13. The maximum Gasteiger partial charge on any atom is 0.360 e. The molecule has 0 saturated heterocycles. The van der Waals surface area contributed by atoms with E-state index in [4.69, 9.17) is 5.73 Å². The average Bonchev–Trinajstić information content (AvgIpc) is 2.67. The van der Waals surface area contributed by atoms with E-state index in [1.165, 1.54) is 7.11 Å². The Morgan fingerprint density at radius 2 is 2.33 bits per heavy atom. The van der Waals surface area contributed by atoms with Crippen molar-refractivity contribution in [2.45, 2.75) is 26.3 Å². The maximum atomic E-state index is 11.3. The lowest BCUT2D eigenvalue weighted by Crippen LogP contribution is -2.11. The van der Waals surface area contributed by atoms with Crippen LogP contribution in [0.4, 0.5) is 0 Å². The third-order valence-electron chi connectivity index (χ3n) is 2.13. The highest BCUT2D eigenvalue weighted by Gasteiger charge is 2.18. The second kappa shape index (κ2) is 5.45. The molecule has 0 bridgehead atoms. The summed E-state index contributed by atoms with van der Waals surface area (Å²) in [6, 6.07) is 0. The second-order valence-electron chi connectivity index (χ2n) is 3.10. The first-order chi connectivity index (χ1) is 7.24. The number of ether oxygens (including phenoxy) is 1. The Balaban J connectivity index is 2.90. The number of esters is 1. The molecule has 0 spiro atoms. The van der Waals surface area contributed by atoms with Gasteiger partial charge in [0.05, 0.1) is 12.8 Å². The first-order valence-electron chi connectivity index (χ1n) is 4.95. The molecule has 6 nitrogen and oxygen atoms in total. The molecular formula is C9H16N4O2. The Morgan fingerprint density at radius 3 is 2.87 bits per heavy atom. The summed E-state index contributed by atoms with van der Waals surface area (Å²) in [6.07, 6.45) is 1.51. The molecule has 0 atom stereocenters. The van der Waals surface area contributed by atoms with Crippen LogP contribution in [0.5, 0.6) is 0 Å². The lowest BCUT2D eigenvalue weighted by Gasteiger charge is -2.03. The summed E-state index contributed by atoms with van der Waals surface area (Å²) in [5.41, 5.74) is 6.51. The predicted octanol–water partition coefficient (Wildman–Crippen LogP) is -0.0241. The largest absolute Gasteiger partial charge is 0.464 e. The molecule has 0 unspecified atom stereocenters. The van der Waals surface area contributed by atoms with Crippen LogP contribution in [-0.2, 0) is 17.7 Å². The zero-order valence-electron chi connectivity index (χ0n) is 9.06. The highest BCUT2D eigenvalue weighted by Crippen LogP contribution is 2.08. The number of hydrogen-bond donors (Lipinski definition) is 1. The molecule has 15 heavy (non-hydrogen) atoms. The van der Waals surface area contributed by atoms with E-state index in [0.29, 0.717) is 25.2 Å². The van der Waals surface area contributed by atoms with Gasteiger partial charge in [0.1, 0.15) is 0 Å². The van der Waals surface area contributed by atoms with Crippen molar-refractivity contribution in [1.29, 1.82) is 0 Å². The minimum absolute atomic E-state index is 0.303. The van der Waals surface area contributed by atoms with E-state index in [-0.39, 0.29) is 0 Å². The minimum atomic E-state index is -0.439. The molecule has 0 radical (unpaired) electrons. The van der Waals surface area contributed by atoms with Gasteiger partial charge in [-0.1, -0.05) is 12.1 Å². The smallest absolute Gasteiger partial charge is 0.360 e. The summed E-state index contributed by atoms with van der Waals surface area (Å²) in [5.74, 6) is -0.439. The zero-order valence-corrected chi connectivity index (χ0v) is 9.06. The third kappa shape index (κ3) is 2.53. The van der Waals surface area contributed by atoms with Crippen LogP contribution in [-0.4, -0.2) is 34.6 Å². The molecule has 0 aromatic carbocycles. The Kier molecular flexibility index (Phi) is 4.23. The maximum absolute atomic E-state index is 11.3. The van der Waals surface area contributed by atoms with Crippen molar-refractivity contribution in [3.05, 3.63) is 11.4 Å². The molecule has 0 aliphatic heterocycles. The number of nitrogens with zero attached hydrogens (tertiary/aromatic N) is 3. The van der Waals surface area contributed by atoms with E-state index in [0.717, 1.165) is 12.1 Å². The number of hydrogen-bond acceptors (Lipinski definition) is 5. The average molecular weight is 212 g/mol. The van der Waals surface area contributed by atoms with Gasteiger partial charge in [0.2, 0.25) is 0 Å². The second-order valence-corrected chi connectivity index (χ2v) is 3.10. The topological polar surface area (TPSA) is 83.0 Å². The number of aromatic nitrogens is 3. The summed E-state index contributed by atoms with van der Waals surface area (Å²) in [4.78, 5) is 11.3. The number of nitrogens with two attached hydrogens (primary N) is 1. The molecule has 0 aliphatic carbocycles. The standard InChI is InChI=1S/C9H16N4O2/c1-3-7-8(9(14)15-2)11-12-13(7)6-4-5-10/h3-6,10H2,1-2H3. The Hall–Kier alpha value is -1.43. The SMILES string of the molecule is CCc1c(C(=O)OC)nnn1CCCN. The van der Waals surface area contributed by atoms with Crippen molar-refractivity contribution < 1.29 is 9.53 Å². The lowest BCUT2D eigenvalue weighted by atomic mass is 10.2. The zero-order chi connectivity index (χ0) is 11.3. The van der Waals surface area contributed by atoms with Gasteiger partial charge in [-0.25, -0.2) is 9.48 Å². The van der Waals surface area contributed by atoms with E-state index in [1.54, 1.807) is 4.68 Å². The summed E-state index contributed by atoms with van der Waals surface area (Å²) < 4.78 is 6.32. The van der Waals surface area contributed by atoms with Crippen LogP contribution in [0.3, 0.4) is 0 Å². The van der Waals surface area contributed by atoms with Crippen LogP contribution < -0.4 is 5.73 Å². The Morgan fingerprint density at radius 1 is 1.60 bits per heavy atom. The summed E-state index contributed by atoms with van der Waals surface area (Å²) >= 11 is 0. The van der Waals surface area contributed by atoms with Gasteiger partial charge in [-0.3, -0.25) is 0 Å². The lowest BCUT2D eigenvalue weighted by molar-refractivity contribution is 0.0592. The predicted molar refractivity (Wildman–Crippen MR) is 54.4 cm³/mol. The van der Waals surface area contributed by atoms with Crippen LogP contribution in [0.25, 0.3) is 0 Å². The van der Waals surface area contributed by atoms with Gasteiger partial charge in [0.15, 0.2) is 5.69 Å². The molecule has 2 N–H and O–H groups in total. The van der Waals surface area contributed by atoms with Gasteiger partial charge in [-0.15, -0.1) is 5.10 Å². The first kappa shape index (κ1) is 11.6. The number of rotatable bonds is 5. The van der Waals surface area contributed by atoms with E-state index in [9.17, 15) is 4.79 Å². The Bertz CT molecular complexity index is 335. The fourth-order valence-corrected chi connectivity index (χ4v) is 1.36. The van der Waals surface area contributed by atoms with E-state index < -0.39 is 5.97 Å². The van der Waals surface area contributed by atoms with E-state index in [2.05, 4.69) is 15.0 Å². The summed E-state index contributed by atoms with van der Waals surface area (Å²) in [6.45, 7) is 3.23. The molecule has 1 aromatic rings. The molecular weight excluding hydrogens is 196 g/mol. The molecule has 84 valence electrons. The molecule has 1 rings (SSSR count). The normalized spacial score (nSPS) is 10.3. The van der Waals surface area contributed by atoms with Crippen LogP contribution >= 0.6 is 0 Å². The van der Waals surface area contributed by atoms with Crippen LogP contribution in [0.2, 0.25) is 0 Å². The number of methoxy groups -OCH3 is 1. The van der Waals surface area contributed by atoms with Gasteiger partial charge < -0.3 is 10.5 Å².